The van der Waals surface area contributed by atoms with Crippen molar-refractivity contribution >= 4 is 22.0 Å². The van der Waals surface area contributed by atoms with Gasteiger partial charge in [-0.25, -0.2) is 17.5 Å². The van der Waals surface area contributed by atoms with Crippen molar-refractivity contribution in [3.05, 3.63) is 70.3 Å². The van der Waals surface area contributed by atoms with Crippen LogP contribution in [0.5, 0.6) is 0 Å². The summed E-state index contributed by atoms with van der Waals surface area (Å²) in [7, 11) is -3.34. The normalized spacial score (nSPS) is 14.5. The molecule has 6 nitrogen and oxygen atoms in total. The first-order valence-electron chi connectivity index (χ1n) is 9.96. The Hall–Kier alpha value is -2.58. The van der Waals surface area contributed by atoms with Gasteiger partial charge in [-0.15, -0.1) is 0 Å². The molecule has 160 valence electrons. The molecule has 2 aromatic rings. The zero-order valence-electron chi connectivity index (χ0n) is 17.2. The quantitative estimate of drug-likeness (QED) is 0.683. The van der Waals surface area contributed by atoms with E-state index in [1.807, 2.05) is 19.9 Å². The second kappa shape index (κ2) is 9.49. The molecule has 0 spiro atoms. The smallest absolute Gasteiger partial charge is 0.282 e. The number of nitrogens with one attached hydrogen (secondary N) is 1. The van der Waals surface area contributed by atoms with Gasteiger partial charge in [-0.1, -0.05) is 37.3 Å². The summed E-state index contributed by atoms with van der Waals surface area (Å²) in [5.41, 5.74) is 4.01. The topological polar surface area (TPSA) is 79.4 Å². The van der Waals surface area contributed by atoms with E-state index in [9.17, 15) is 17.6 Å². The number of benzene rings is 1. The summed E-state index contributed by atoms with van der Waals surface area (Å²) >= 11 is 0. The Labute approximate surface area is 176 Å². The number of rotatable bonds is 7. The molecule has 0 atom stereocenters. The molecule has 1 aromatic heterocycles. The molecule has 0 radical (unpaired) electrons. The number of sulfonamides is 1. The van der Waals surface area contributed by atoms with Crippen molar-refractivity contribution in [2.45, 2.75) is 39.8 Å². The zero-order valence-corrected chi connectivity index (χ0v) is 18.0. The van der Waals surface area contributed by atoms with E-state index in [1.165, 1.54) is 11.0 Å². The number of pyridine rings is 1. The van der Waals surface area contributed by atoms with Crippen molar-refractivity contribution < 1.29 is 17.6 Å². The van der Waals surface area contributed by atoms with Gasteiger partial charge in [0.2, 0.25) is 10.0 Å². The summed E-state index contributed by atoms with van der Waals surface area (Å²) in [6.45, 7) is 4.42. The van der Waals surface area contributed by atoms with Crippen molar-refractivity contribution in [3.8, 4) is 0 Å². The zero-order chi connectivity index (χ0) is 21.7. The lowest BCUT2D eigenvalue weighted by molar-refractivity contribution is -0.129. The average Bonchev–Trinajstić information content (AvgIpc) is 2.72. The molecule has 2 heterocycles. The van der Waals surface area contributed by atoms with Crippen LogP contribution in [0.3, 0.4) is 0 Å². The van der Waals surface area contributed by atoms with Gasteiger partial charge in [0.05, 0.1) is 5.75 Å². The van der Waals surface area contributed by atoms with Gasteiger partial charge in [0, 0.05) is 31.5 Å². The highest BCUT2D eigenvalue weighted by molar-refractivity contribution is 7.89. The number of amides is 1. The Morgan fingerprint density at radius 1 is 1.30 bits per heavy atom. The lowest BCUT2D eigenvalue weighted by Gasteiger charge is -2.30. The number of aryl methyl sites for hydroxylation is 1. The van der Waals surface area contributed by atoms with Crippen molar-refractivity contribution in [1.29, 1.82) is 0 Å². The summed E-state index contributed by atoms with van der Waals surface area (Å²) in [4.78, 5) is 18.4. The van der Waals surface area contributed by atoms with Crippen molar-refractivity contribution in [3.63, 3.8) is 0 Å². The maximum absolute atomic E-state index is 14.5. The van der Waals surface area contributed by atoms with Gasteiger partial charge >= 0.3 is 0 Å². The number of hydrogen-bond acceptors (Lipinski definition) is 4. The fourth-order valence-electron chi connectivity index (χ4n) is 3.56. The SMILES string of the molecule is CCCS(=O)(=O)NCc1c(C)ncc2c1CCN(C(=O)/C(F)=C/c1ccccc1)C2. The van der Waals surface area contributed by atoms with Gasteiger partial charge in [0.25, 0.3) is 5.91 Å². The minimum absolute atomic E-state index is 0.0732. The van der Waals surface area contributed by atoms with Crippen LogP contribution in [0.25, 0.3) is 6.08 Å². The number of hydrogen-bond donors (Lipinski definition) is 1. The van der Waals surface area contributed by atoms with Gasteiger partial charge in [0.1, 0.15) is 0 Å². The Kier molecular flexibility index (Phi) is 6.99. The fourth-order valence-corrected chi connectivity index (χ4v) is 4.61. The van der Waals surface area contributed by atoms with E-state index >= 15 is 0 Å². The molecule has 0 saturated carbocycles. The van der Waals surface area contributed by atoms with Crippen molar-refractivity contribution in [2.75, 3.05) is 12.3 Å². The highest BCUT2D eigenvalue weighted by Crippen LogP contribution is 2.25. The van der Waals surface area contributed by atoms with Gasteiger partial charge in [0.15, 0.2) is 5.83 Å². The van der Waals surface area contributed by atoms with Crippen molar-refractivity contribution in [2.24, 2.45) is 0 Å². The standard InChI is InChI=1S/C22H26FN3O3S/c1-3-11-30(28,29)25-14-20-16(2)24-13-18-15-26(10-9-19(18)20)22(27)21(23)12-17-7-5-4-6-8-17/h4-8,12-13,25H,3,9-11,14-15H2,1-2H3/b21-12-. The Bertz CT molecular complexity index is 1050. The molecule has 1 N–H and O–H groups in total. The molecule has 8 heteroatoms. The van der Waals surface area contributed by atoms with E-state index in [2.05, 4.69) is 9.71 Å². The summed E-state index contributed by atoms with van der Waals surface area (Å²) in [5.74, 6) is -1.39. The first-order chi connectivity index (χ1) is 14.3. The van der Waals surface area contributed by atoms with Crippen molar-refractivity contribution in [1.82, 2.24) is 14.6 Å². The molecular weight excluding hydrogens is 405 g/mol. The molecule has 1 aliphatic heterocycles. The molecule has 1 aliphatic rings. The van der Waals surface area contributed by atoms with Gasteiger partial charge < -0.3 is 4.90 Å². The monoisotopic (exact) mass is 431 g/mol. The Morgan fingerprint density at radius 3 is 2.73 bits per heavy atom. The molecule has 0 aliphatic carbocycles. The third kappa shape index (κ3) is 5.31. The van der Waals surface area contributed by atoms with E-state index in [1.54, 1.807) is 30.5 Å². The third-order valence-corrected chi connectivity index (χ3v) is 6.65. The van der Waals surface area contributed by atoms with E-state index < -0.39 is 21.8 Å². The van der Waals surface area contributed by atoms with Crippen LogP contribution >= 0.6 is 0 Å². The first-order valence-corrected chi connectivity index (χ1v) is 11.6. The van der Waals surface area contributed by atoms with Crippen LogP contribution in [0.15, 0.2) is 42.4 Å². The fraction of sp³-hybridized carbons (Fsp3) is 0.364. The predicted molar refractivity (Wildman–Crippen MR) is 115 cm³/mol. The minimum atomic E-state index is -3.34. The Balaban J connectivity index is 1.76. The minimum Gasteiger partial charge on any atom is -0.332 e. The molecule has 0 bridgehead atoms. The van der Waals surface area contributed by atoms with Crippen LogP contribution < -0.4 is 4.72 Å². The molecule has 3 rings (SSSR count). The molecule has 1 aromatic carbocycles. The second-order valence-electron chi connectivity index (χ2n) is 7.35. The molecule has 30 heavy (non-hydrogen) atoms. The number of fused-ring (bicyclic) bond motifs is 1. The van der Waals surface area contributed by atoms with E-state index in [0.29, 0.717) is 24.9 Å². The van der Waals surface area contributed by atoms with E-state index in [4.69, 9.17) is 0 Å². The van der Waals surface area contributed by atoms with E-state index in [0.717, 1.165) is 22.4 Å². The van der Waals surface area contributed by atoms with Crippen LogP contribution in [0.1, 0.15) is 41.3 Å². The van der Waals surface area contributed by atoms with Crippen LogP contribution in [-0.2, 0) is 34.3 Å². The summed E-state index contributed by atoms with van der Waals surface area (Å²) in [5, 5.41) is 0. The summed E-state index contributed by atoms with van der Waals surface area (Å²) in [6.07, 6.45) is 3.98. The van der Waals surface area contributed by atoms with Crippen LogP contribution in [-0.4, -0.2) is 36.5 Å². The predicted octanol–water partition coefficient (Wildman–Crippen LogP) is 3.11. The second-order valence-corrected chi connectivity index (χ2v) is 9.27. The van der Waals surface area contributed by atoms with Gasteiger partial charge in [-0.3, -0.25) is 9.78 Å². The third-order valence-electron chi connectivity index (χ3n) is 5.12. The highest BCUT2D eigenvalue weighted by atomic mass is 32.2. The van der Waals surface area contributed by atoms with E-state index in [-0.39, 0.29) is 18.8 Å². The first kappa shape index (κ1) is 22.1. The average molecular weight is 432 g/mol. The molecule has 0 unspecified atom stereocenters. The number of carbonyl (C=O) groups is 1. The van der Waals surface area contributed by atoms with Gasteiger partial charge in [-0.05, 0) is 48.1 Å². The van der Waals surface area contributed by atoms with Crippen LogP contribution in [0.4, 0.5) is 4.39 Å². The molecule has 0 saturated heterocycles. The number of halogens is 1. The molecule has 0 fully saturated rings. The number of carbonyl (C=O) groups excluding carboxylic acids is 1. The maximum atomic E-state index is 14.5. The number of aromatic nitrogens is 1. The largest absolute Gasteiger partial charge is 0.332 e. The summed E-state index contributed by atoms with van der Waals surface area (Å²) in [6, 6.07) is 8.86. The maximum Gasteiger partial charge on any atom is 0.282 e. The lowest BCUT2D eigenvalue weighted by atomic mass is 9.95. The van der Waals surface area contributed by atoms with Gasteiger partial charge in [-0.2, -0.15) is 0 Å². The van der Waals surface area contributed by atoms with Crippen LogP contribution in [0, 0.1) is 6.92 Å². The molecular formula is C22H26FN3O3S. The summed E-state index contributed by atoms with van der Waals surface area (Å²) < 4.78 is 41.2. The molecule has 1 amide bonds. The number of nitrogens with zero attached hydrogens (tertiary/aromatic N) is 2. The Morgan fingerprint density at radius 2 is 2.03 bits per heavy atom. The van der Waals surface area contributed by atoms with Crippen LogP contribution in [0.2, 0.25) is 0 Å². The lowest BCUT2D eigenvalue weighted by Crippen LogP contribution is -2.37. The highest BCUT2D eigenvalue weighted by Gasteiger charge is 2.26.